The van der Waals surface area contributed by atoms with Crippen LogP contribution >= 0.6 is 0 Å². The first-order valence-electron chi connectivity index (χ1n) is 5.71. The van der Waals surface area contributed by atoms with Crippen LogP contribution < -0.4 is 10.1 Å². The van der Waals surface area contributed by atoms with Crippen LogP contribution in [-0.2, 0) is 13.1 Å². The van der Waals surface area contributed by atoms with Gasteiger partial charge in [-0.05, 0) is 13.0 Å². The van der Waals surface area contributed by atoms with Gasteiger partial charge in [0.15, 0.2) is 17.3 Å². The summed E-state index contributed by atoms with van der Waals surface area (Å²) >= 11 is 0. The molecule has 0 saturated carbocycles. The lowest BCUT2D eigenvalue weighted by Crippen LogP contribution is -2.13. The molecule has 0 amide bonds. The van der Waals surface area contributed by atoms with Gasteiger partial charge in [0.2, 0.25) is 6.39 Å². The zero-order valence-corrected chi connectivity index (χ0v) is 10.1. The highest BCUT2D eigenvalue weighted by Gasteiger charge is 2.07. The van der Waals surface area contributed by atoms with Crippen LogP contribution in [0.25, 0.3) is 0 Å². The summed E-state index contributed by atoms with van der Waals surface area (Å²) in [5.74, 6) is 1.24. The van der Waals surface area contributed by atoms with Crippen LogP contribution in [0.15, 0.2) is 29.1 Å². The Hall–Kier alpha value is -2.08. The maximum atomic E-state index is 9.96. The summed E-state index contributed by atoms with van der Waals surface area (Å²) in [5.41, 5.74) is 0.768. The highest BCUT2D eigenvalue weighted by molar-refractivity contribution is 5.45. The van der Waals surface area contributed by atoms with Crippen molar-refractivity contribution in [3.05, 3.63) is 36.0 Å². The number of aromatic nitrogens is 2. The highest BCUT2D eigenvalue weighted by Crippen LogP contribution is 2.29. The number of ether oxygens (including phenoxy) is 1. The molecule has 18 heavy (non-hydrogen) atoms. The van der Waals surface area contributed by atoms with Crippen molar-refractivity contribution < 1.29 is 14.4 Å². The number of nitrogens with one attached hydrogen (secondary N) is 1. The van der Waals surface area contributed by atoms with Crippen molar-refractivity contribution in [1.29, 1.82) is 0 Å². The number of aromatic hydroxyl groups is 1. The van der Waals surface area contributed by atoms with Gasteiger partial charge in [0, 0.05) is 12.1 Å². The summed E-state index contributed by atoms with van der Waals surface area (Å²) < 4.78 is 9.93. The molecule has 0 radical (unpaired) electrons. The van der Waals surface area contributed by atoms with Gasteiger partial charge >= 0.3 is 0 Å². The second kappa shape index (κ2) is 6.02. The summed E-state index contributed by atoms with van der Waals surface area (Å²) in [7, 11) is 0. The Morgan fingerprint density at radius 2 is 2.28 bits per heavy atom. The minimum atomic E-state index is 0.167. The summed E-state index contributed by atoms with van der Waals surface area (Å²) in [4.78, 5) is 3.89. The molecule has 0 fully saturated rings. The molecule has 0 aliphatic rings. The molecule has 0 bridgehead atoms. The topological polar surface area (TPSA) is 80.4 Å². The third-order valence-electron chi connectivity index (χ3n) is 2.39. The SMILES string of the molecule is CCOc1cccc(CNCc2ncon2)c1O. The molecule has 96 valence electrons. The lowest BCUT2D eigenvalue weighted by Gasteiger charge is -2.10. The number of hydrogen-bond acceptors (Lipinski definition) is 6. The molecular weight excluding hydrogens is 234 g/mol. The number of hydrogen-bond donors (Lipinski definition) is 2. The van der Waals surface area contributed by atoms with Gasteiger partial charge in [-0.15, -0.1) is 0 Å². The van der Waals surface area contributed by atoms with E-state index in [4.69, 9.17) is 4.74 Å². The normalized spacial score (nSPS) is 10.5. The van der Waals surface area contributed by atoms with E-state index in [0.29, 0.717) is 31.3 Å². The molecule has 0 aliphatic carbocycles. The van der Waals surface area contributed by atoms with Crippen LogP contribution in [0, 0.1) is 0 Å². The molecule has 0 unspecified atom stereocenters. The average Bonchev–Trinajstić information content (AvgIpc) is 2.87. The van der Waals surface area contributed by atoms with Gasteiger partial charge in [-0.1, -0.05) is 17.3 Å². The minimum Gasteiger partial charge on any atom is -0.504 e. The van der Waals surface area contributed by atoms with E-state index in [9.17, 15) is 5.11 Å². The number of rotatable bonds is 6. The minimum absolute atomic E-state index is 0.167. The molecule has 0 atom stereocenters. The number of para-hydroxylation sites is 1. The molecule has 1 heterocycles. The standard InChI is InChI=1S/C12H15N3O3/c1-2-17-10-5-3-4-9(12(10)16)6-13-7-11-14-8-18-15-11/h3-5,8,13,16H,2,6-7H2,1H3. The third kappa shape index (κ3) is 2.98. The van der Waals surface area contributed by atoms with E-state index in [2.05, 4.69) is 20.0 Å². The Bertz CT molecular complexity index is 485. The van der Waals surface area contributed by atoms with Crippen LogP contribution in [0.5, 0.6) is 11.5 Å². The average molecular weight is 249 g/mol. The van der Waals surface area contributed by atoms with Crippen molar-refractivity contribution in [3.8, 4) is 11.5 Å². The molecule has 2 rings (SSSR count). The quantitative estimate of drug-likeness (QED) is 0.806. The van der Waals surface area contributed by atoms with Gasteiger partial charge in [-0.2, -0.15) is 4.98 Å². The van der Waals surface area contributed by atoms with E-state index in [0.717, 1.165) is 5.56 Å². The monoisotopic (exact) mass is 249 g/mol. The van der Waals surface area contributed by atoms with E-state index in [1.807, 2.05) is 19.1 Å². The second-order valence-corrected chi connectivity index (χ2v) is 3.65. The molecule has 6 nitrogen and oxygen atoms in total. The fraction of sp³-hybridized carbons (Fsp3) is 0.333. The third-order valence-corrected chi connectivity index (χ3v) is 2.39. The predicted molar refractivity (Wildman–Crippen MR) is 64.1 cm³/mol. The van der Waals surface area contributed by atoms with Crippen molar-refractivity contribution in [1.82, 2.24) is 15.5 Å². The molecule has 1 aromatic heterocycles. The van der Waals surface area contributed by atoms with E-state index >= 15 is 0 Å². The van der Waals surface area contributed by atoms with Gasteiger partial charge < -0.3 is 19.7 Å². The summed E-state index contributed by atoms with van der Waals surface area (Å²) in [6, 6.07) is 5.42. The second-order valence-electron chi connectivity index (χ2n) is 3.65. The Balaban J connectivity index is 1.94. The molecule has 0 saturated heterocycles. The fourth-order valence-corrected chi connectivity index (χ4v) is 1.56. The molecule has 0 spiro atoms. The molecular formula is C12H15N3O3. The maximum Gasteiger partial charge on any atom is 0.213 e. The van der Waals surface area contributed by atoms with Crippen LogP contribution in [0.1, 0.15) is 18.3 Å². The smallest absolute Gasteiger partial charge is 0.213 e. The summed E-state index contributed by atoms with van der Waals surface area (Å²) in [6.45, 7) is 3.38. The molecule has 0 aliphatic heterocycles. The van der Waals surface area contributed by atoms with Crippen LogP contribution in [0.4, 0.5) is 0 Å². The summed E-state index contributed by atoms with van der Waals surface area (Å²) in [5, 5.41) is 16.8. The van der Waals surface area contributed by atoms with Crippen molar-refractivity contribution in [2.24, 2.45) is 0 Å². The fourth-order valence-electron chi connectivity index (χ4n) is 1.56. The molecule has 2 aromatic rings. The number of phenolic OH excluding ortho intramolecular Hbond substituents is 1. The van der Waals surface area contributed by atoms with Crippen LogP contribution in [0.2, 0.25) is 0 Å². The Morgan fingerprint density at radius 1 is 1.39 bits per heavy atom. The van der Waals surface area contributed by atoms with Gasteiger partial charge in [0.1, 0.15) is 0 Å². The largest absolute Gasteiger partial charge is 0.504 e. The van der Waals surface area contributed by atoms with Gasteiger partial charge in [-0.25, -0.2) is 0 Å². The Kier molecular flexibility index (Phi) is 4.14. The first-order chi connectivity index (χ1) is 8.81. The number of nitrogens with zero attached hydrogens (tertiary/aromatic N) is 2. The van der Waals surface area contributed by atoms with E-state index in [1.165, 1.54) is 6.39 Å². The maximum absolute atomic E-state index is 9.96. The first-order valence-corrected chi connectivity index (χ1v) is 5.71. The van der Waals surface area contributed by atoms with Crippen molar-refractivity contribution in [3.63, 3.8) is 0 Å². The lowest BCUT2D eigenvalue weighted by atomic mass is 10.2. The molecule has 6 heteroatoms. The van der Waals surface area contributed by atoms with Gasteiger partial charge in [0.05, 0.1) is 13.2 Å². The Labute approximate surface area is 105 Å². The number of benzene rings is 1. The highest BCUT2D eigenvalue weighted by atomic mass is 16.5. The van der Waals surface area contributed by atoms with Crippen molar-refractivity contribution in [2.75, 3.05) is 6.61 Å². The first kappa shape index (κ1) is 12.4. The zero-order chi connectivity index (χ0) is 12.8. The van der Waals surface area contributed by atoms with Crippen LogP contribution in [0.3, 0.4) is 0 Å². The van der Waals surface area contributed by atoms with E-state index in [1.54, 1.807) is 6.07 Å². The molecule has 2 N–H and O–H groups in total. The van der Waals surface area contributed by atoms with Crippen molar-refractivity contribution in [2.45, 2.75) is 20.0 Å². The van der Waals surface area contributed by atoms with Gasteiger partial charge in [0.25, 0.3) is 0 Å². The van der Waals surface area contributed by atoms with E-state index in [-0.39, 0.29) is 5.75 Å². The molecule has 1 aromatic carbocycles. The van der Waals surface area contributed by atoms with Crippen LogP contribution in [-0.4, -0.2) is 21.9 Å². The zero-order valence-electron chi connectivity index (χ0n) is 10.1. The summed E-state index contributed by atoms with van der Waals surface area (Å²) in [6.07, 6.45) is 1.28. The van der Waals surface area contributed by atoms with Crippen molar-refractivity contribution >= 4 is 0 Å². The van der Waals surface area contributed by atoms with E-state index < -0.39 is 0 Å². The number of phenols is 1. The lowest BCUT2D eigenvalue weighted by molar-refractivity contribution is 0.316. The Morgan fingerprint density at radius 3 is 3.00 bits per heavy atom. The predicted octanol–water partition coefficient (Wildman–Crippen LogP) is 1.46. The van der Waals surface area contributed by atoms with Gasteiger partial charge in [-0.3, -0.25) is 0 Å².